The molecule has 1 unspecified atom stereocenters. The maximum Gasteiger partial charge on any atom is 0.271 e. The van der Waals surface area contributed by atoms with E-state index < -0.39 is 0 Å². The van der Waals surface area contributed by atoms with Crippen LogP contribution in [0.3, 0.4) is 0 Å². The molecule has 2 aromatic rings. The van der Waals surface area contributed by atoms with Crippen LogP contribution in [0.4, 0.5) is 0 Å². The van der Waals surface area contributed by atoms with E-state index in [4.69, 9.17) is 4.74 Å². The van der Waals surface area contributed by atoms with Crippen LogP contribution in [0.5, 0.6) is 5.75 Å². The molecule has 2 rings (SSSR count). The zero-order valence-corrected chi connectivity index (χ0v) is 14.4. The zero-order valence-electron chi connectivity index (χ0n) is 14.4. The second kappa shape index (κ2) is 7.68. The third-order valence-corrected chi connectivity index (χ3v) is 3.75. The van der Waals surface area contributed by atoms with Gasteiger partial charge in [0.25, 0.3) is 11.8 Å². The van der Waals surface area contributed by atoms with Crippen LogP contribution in [-0.2, 0) is 0 Å². The molecule has 3 N–H and O–H groups in total. The maximum absolute atomic E-state index is 12.1. The molecule has 6 nitrogen and oxygen atoms in total. The second-order valence-corrected chi connectivity index (χ2v) is 5.48. The molecule has 0 bridgehead atoms. The van der Waals surface area contributed by atoms with Crippen LogP contribution in [0.1, 0.15) is 52.1 Å². The summed E-state index contributed by atoms with van der Waals surface area (Å²) < 4.78 is 5.97. The van der Waals surface area contributed by atoms with Gasteiger partial charge in [0.2, 0.25) is 0 Å². The fraction of sp³-hybridized carbons (Fsp3) is 0.333. The molecule has 0 saturated carbocycles. The number of hydrogen-bond acceptors (Lipinski definition) is 3. The van der Waals surface area contributed by atoms with Crippen molar-refractivity contribution in [2.75, 3.05) is 13.6 Å². The van der Waals surface area contributed by atoms with Gasteiger partial charge in [-0.1, -0.05) is 24.3 Å². The Labute approximate surface area is 141 Å². The molecule has 0 fully saturated rings. The van der Waals surface area contributed by atoms with Crippen molar-refractivity contribution >= 4 is 11.8 Å². The number of aromatic amines is 1. The number of amides is 2. The van der Waals surface area contributed by atoms with E-state index >= 15 is 0 Å². The largest absolute Gasteiger partial charge is 0.484 e. The Morgan fingerprint density at radius 3 is 2.58 bits per heavy atom. The van der Waals surface area contributed by atoms with Crippen LogP contribution in [0, 0.1) is 6.92 Å². The maximum atomic E-state index is 12.1. The lowest BCUT2D eigenvalue weighted by Crippen LogP contribution is -2.23. The first kappa shape index (κ1) is 17.6. The predicted octanol–water partition coefficient (Wildman–Crippen LogP) is 2.57. The molecular weight excluding hydrogens is 306 g/mol. The standard InChI is InChI=1S/C18H23N3O3/c1-5-20-17(22)14-10-15(16(21-14)18(23)19-4)24-12(3)13-9-7-6-8-11(13)2/h6-10,12,21H,5H2,1-4H3,(H,19,23)(H,20,22). The highest BCUT2D eigenvalue weighted by atomic mass is 16.5. The van der Waals surface area contributed by atoms with Gasteiger partial charge in [-0.25, -0.2) is 0 Å². The minimum Gasteiger partial charge on any atom is -0.484 e. The lowest BCUT2D eigenvalue weighted by molar-refractivity contribution is 0.0951. The van der Waals surface area contributed by atoms with Gasteiger partial charge in [-0.15, -0.1) is 0 Å². The minimum absolute atomic E-state index is 0.235. The molecule has 0 saturated heterocycles. The highest BCUT2D eigenvalue weighted by Crippen LogP contribution is 2.28. The van der Waals surface area contributed by atoms with Gasteiger partial charge >= 0.3 is 0 Å². The van der Waals surface area contributed by atoms with Crippen molar-refractivity contribution < 1.29 is 14.3 Å². The van der Waals surface area contributed by atoms with Crippen molar-refractivity contribution in [1.82, 2.24) is 15.6 Å². The summed E-state index contributed by atoms with van der Waals surface area (Å²) in [5.41, 5.74) is 2.66. The zero-order chi connectivity index (χ0) is 17.7. The summed E-state index contributed by atoms with van der Waals surface area (Å²) in [6.45, 7) is 6.25. The summed E-state index contributed by atoms with van der Waals surface area (Å²) in [6.07, 6.45) is -0.257. The van der Waals surface area contributed by atoms with Crippen LogP contribution in [-0.4, -0.2) is 30.4 Å². The van der Waals surface area contributed by atoms with E-state index in [0.29, 0.717) is 18.0 Å². The average Bonchev–Trinajstić information content (AvgIpc) is 2.98. The van der Waals surface area contributed by atoms with Crippen LogP contribution < -0.4 is 15.4 Å². The van der Waals surface area contributed by atoms with Crippen molar-refractivity contribution in [3.63, 3.8) is 0 Å². The molecular formula is C18H23N3O3. The van der Waals surface area contributed by atoms with Crippen LogP contribution in [0.2, 0.25) is 0 Å². The molecule has 0 aliphatic carbocycles. The quantitative estimate of drug-likeness (QED) is 0.761. The van der Waals surface area contributed by atoms with Gasteiger partial charge in [0.05, 0.1) is 0 Å². The molecule has 2 amide bonds. The third kappa shape index (κ3) is 3.76. The second-order valence-electron chi connectivity index (χ2n) is 5.48. The van der Waals surface area contributed by atoms with Gasteiger partial charge in [0.1, 0.15) is 17.5 Å². The molecule has 0 spiro atoms. The Morgan fingerprint density at radius 2 is 1.96 bits per heavy atom. The number of nitrogens with one attached hydrogen (secondary N) is 3. The van der Waals surface area contributed by atoms with Gasteiger partial charge in [-0.05, 0) is 31.9 Å². The molecule has 0 aliphatic rings. The monoisotopic (exact) mass is 329 g/mol. The molecule has 1 heterocycles. The summed E-state index contributed by atoms with van der Waals surface area (Å²) in [4.78, 5) is 26.9. The summed E-state index contributed by atoms with van der Waals surface area (Å²) in [5.74, 6) is -0.259. The number of rotatable bonds is 6. The summed E-state index contributed by atoms with van der Waals surface area (Å²) in [5, 5.41) is 5.24. The van der Waals surface area contributed by atoms with Gasteiger partial charge in [0.15, 0.2) is 5.75 Å². The number of ether oxygens (including phenoxy) is 1. The van der Waals surface area contributed by atoms with E-state index in [1.807, 2.05) is 45.0 Å². The highest BCUT2D eigenvalue weighted by Gasteiger charge is 2.21. The summed E-state index contributed by atoms with van der Waals surface area (Å²) in [6, 6.07) is 9.46. The molecule has 1 aromatic heterocycles. The van der Waals surface area contributed by atoms with E-state index in [1.165, 1.54) is 7.05 Å². The number of carbonyl (C=O) groups is 2. The molecule has 128 valence electrons. The van der Waals surface area contributed by atoms with Gasteiger partial charge < -0.3 is 20.4 Å². The Balaban J connectivity index is 2.32. The Hall–Kier alpha value is -2.76. The van der Waals surface area contributed by atoms with Crippen LogP contribution >= 0.6 is 0 Å². The number of carbonyl (C=O) groups excluding carboxylic acids is 2. The van der Waals surface area contributed by atoms with E-state index in [9.17, 15) is 9.59 Å². The van der Waals surface area contributed by atoms with Crippen molar-refractivity contribution in [3.8, 4) is 5.75 Å². The average molecular weight is 329 g/mol. The van der Waals surface area contributed by atoms with Gasteiger partial charge in [-0.2, -0.15) is 0 Å². The van der Waals surface area contributed by atoms with E-state index in [-0.39, 0.29) is 23.6 Å². The SMILES string of the molecule is CCNC(=O)c1cc(OC(C)c2ccccc2C)c(C(=O)NC)[nH]1. The lowest BCUT2D eigenvalue weighted by atomic mass is 10.0. The Kier molecular flexibility index (Phi) is 5.63. The first-order valence-corrected chi connectivity index (χ1v) is 7.93. The molecule has 0 radical (unpaired) electrons. The Morgan fingerprint density at radius 1 is 1.25 bits per heavy atom. The molecule has 1 aromatic carbocycles. The van der Waals surface area contributed by atoms with Gasteiger partial charge in [-0.3, -0.25) is 9.59 Å². The molecule has 0 aliphatic heterocycles. The van der Waals surface area contributed by atoms with E-state index in [1.54, 1.807) is 6.07 Å². The molecule has 1 atom stereocenters. The fourth-order valence-corrected chi connectivity index (χ4v) is 2.50. The summed E-state index contributed by atoms with van der Waals surface area (Å²) in [7, 11) is 1.53. The van der Waals surface area contributed by atoms with E-state index in [2.05, 4.69) is 15.6 Å². The fourth-order valence-electron chi connectivity index (χ4n) is 2.50. The molecule has 6 heteroatoms. The number of aromatic nitrogens is 1. The van der Waals surface area contributed by atoms with E-state index in [0.717, 1.165) is 11.1 Å². The van der Waals surface area contributed by atoms with Gasteiger partial charge in [0, 0.05) is 19.7 Å². The number of aryl methyl sites for hydroxylation is 1. The highest BCUT2D eigenvalue weighted by molar-refractivity contribution is 5.99. The first-order chi connectivity index (χ1) is 11.5. The predicted molar refractivity (Wildman–Crippen MR) is 92.4 cm³/mol. The smallest absolute Gasteiger partial charge is 0.271 e. The summed E-state index contributed by atoms with van der Waals surface area (Å²) >= 11 is 0. The first-order valence-electron chi connectivity index (χ1n) is 7.93. The number of hydrogen-bond donors (Lipinski definition) is 3. The van der Waals surface area contributed by atoms with Crippen LogP contribution in [0.25, 0.3) is 0 Å². The molecule has 24 heavy (non-hydrogen) atoms. The number of H-pyrrole nitrogens is 1. The number of benzene rings is 1. The van der Waals surface area contributed by atoms with Crippen molar-refractivity contribution in [1.29, 1.82) is 0 Å². The lowest BCUT2D eigenvalue weighted by Gasteiger charge is -2.17. The van der Waals surface area contributed by atoms with Crippen LogP contribution in [0.15, 0.2) is 30.3 Å². The van der Waals surface area contributed by atoms with Crippen molar-refractivity contribution in [2.24, 2.45) is 0 Å². The Bertz CT molecular complexity index is 737. The normalized spacial score (nSPS) is 11.7. The van der Waals surface area contributed by atoms with Crippen molar-refractivity contribution in [2.45, 2.75) is 26.9 Å². The topological polar surface area (TPSA) is 83.2 Å². The third-order valence-electron chi connectivity index (χ3n) is 3.75. The minimum atomic E-state index is -0.336. The van der Waals surface area contributed by atoms with Crippen molar-refractivity contribution in [3.05, 3.63) is 52.8 Å².